The fourth-order valence-corrected chi connectivity index (χ4v) is 2.89. The number of benzene rings is 2. The highest BCUT2D eigenvalue weighted by molar-refractivity contribution is 5.94. The van der Waals surface area contributed by atoms with Gasteiger partial charge in [-0.3, -0.25) is 5.01 Å². The number of hydrazone groups is 1. The molecular formula is C17H16N2O. The van der Waals surface area contributed by atoms with Crippen molar-refractivity contribution in [2.75, 3.05) is 13.1 Å². The summed E-state index contributed by atoms with van der Waals surface area (Å²) >= 11 is 0. The van der Waals surface area contributed by atoms with Gasteiger partial charge in [-0.05, 0) is 29.7 Å². The van der Waals surface area contributed by atoms with Crippen LogP contribution in [0.3, 0.4) is 0 Å². The molecule has 2 aliphatic rings. The fraction of sp³-hybridized carbons (Fsp3) is 0.235. The maximum Gasteiger partial charge on any atom is 0.238 e. The number of hydrogen-bond donors (Lipinski definition) is 0. The summed E-state index contributed by atoms with van der Waals surface area (Å²) in [6.45, 7) is 1.79. The molecule has 0 radical (unpaired) electrons. The van der Waals surface area contributed by atoms with Crippen molar-refractivity contribution in [3.05, 3.63) is 71.3 Å². The number of rotatable bonds is 1. The van der Waals surface area contributed by atoms with Gasteiger partial charge < -0.3 is 4.74 Å². The third kappa shape index (κ3) is 1.95. The van der Waals surface area contributed by atoms with Crippen LogP contribution in [0.1, 0.15) is 22.8 Å². The lowest BCUT2D eigenvalue weighted by Gasteiger charge is -2.30. The normalized spacial score (nSPS) is 20.5. The highest BCUT2D eigenvalue weighted by atomic mass is 16.5. The molecule has 2 aromatic carbocycles. The maximum absolute atomic E-state index is 6.16. The summed E-state index contributed by atoms with van der Waals surface area (Å²) in [6.07, 6.45) is 1.11. The molecule has 4 rings (SSSR count). The van der Waals surface area contributed by atoms with Gasteiger partial charge in [-0.25, -0.2) is 0 Å². The van der Waals surface area contributed by atoms with E-state index in [4.69, 9.17) is 4.74 Å². The highest BCUT2D eigenvalue weighted by Crippen LogP contribution is 2.30. The van der Waals surface area contributed by atoms with Gasteiger partial charge in [-0.2, -0.15) is 0 Å². The van der Waals surface area contributed by atoms with E-state index in [0.29, 0.717) is 0 Å². The standard InChI is InChI=1S/C17H16N2O/c1-2-7-14(8-3-1)17-18-19-11-10-13-6-4-5-9-15(13)16(12-19)20-17/h1-9,16H,10-12H2. The molecule has 20 heavy (non-hydrogen) atoms. The van der Waals surface area contributed by atoms with Crippen LogP contribution in [0, 0.1) is 0 Å². The molecule has 0 amide bonds. The molecule has 3 nitrogen and oxygen atoms in total. The van der Waals surface area contributed by atoms with Crippen molar-refractivity contribution in [1.82, 2.24) is 5.01 Å². The van der Waals surface area contributed by atoms with Gasteiger partial charge in [0, 0.05) is 12.1 Å². The first-order chi connectivity index (χ1) is 9.90. The molecular weight excluding hydrogens is 248 g/mol. The van der Waals surface area contributed by atoms with Crippen LogP contribution >= 0.6 is 0 Å². The van der Waals surface area contributed by atoms with Crippen molar-refractivity contribution in [3.8, 4) is 0 Å². The van der Waals surface area contributed by atoms with Crippen LogP contribution in [-0.2, 0) is 11.2 Å². The minimum atomic E-state index is 0.0846. The molecule has 0 aromatic heterocycles. The lowest BCUT2D eigenvalue weighted by atomic mass is 10.0. The van der Waals surface area contributed by atoms with Gasteiger partial charge in [-0.15, -0.1) is 5.10 Å². The van der Waals surface area contributed by atoms with Crippen LogP contribution in [0.25, 0.3) is 0 Å². The Morgan fingerprint density at radius 3 is 2.70 bits per heavy atom. The molecule has 2 aromatic rings. The first-order valence-electron chi connectivity index (χ1n) is 7.03. The molecule has 3 heteroatoms. The van der Waals surface area contributed by atoms with E-state index in [1.165, 1.54) is 11.1 Å². The van der Waals surface area contributed by atoms with E-state index >= 15 is 0 Å². The number of nitrogens with zero attached hydrogens (tertiary/aromatic N) is 2. The van der Waals surface area contributed by atoms with Crippen molar-refractivity contribution in [1.29, 1.82) is 0 Å². The van der Waals surface area contributed by atoms with Crippen LogP contribution in [0.15, 0.2) is 59.7 Å². The van der Waals surface area contributed by atoms with Crippen LogP contribution < -0.4 is 0 Å². The van der Waals surface area contributed by atoms with Crippen LogP contribution in [-0.4, -0.2) is 24.0 Å². The monoisotopic (exact) mass is 264 g/mol. The molecule has 2 bridgehead atoms. The Morgan fingerprint density at radius 1 is 1.00 bits per heavy atom. The average molecular weight is 264 g/mol. The second-order valence-corrected chi connectivity index (χ2v) is 5.24. The number of hydrogen-bond acceptors (Lipinski definition) is 3. The summed E-state index contributed by atoms with van der Waals surface area (Å²) in [5, 5.41) is 6.78. The Balaban J connectivity index is 1.73. The zero-order valence-electron chi connectivity index (χ0n) is 11.2. The van der Waals surface area contributed by atoms with Crippen molar-refractivity contribution in [2.45, 2.75) is 12.5 Å². The summed E-state index contributed by atoms with van der Waals surface area (Å²) in [4.78, 5) is 0. The summed E-state index contributed by atoms with van der Waals surface area (Å²) in [7, 11) is 0. The minimum Gasteiger partial charge on any atom is -0.466 e. The predicted octanol–water partition coefficient (Wildman–Crippen LogP) is 2.98. The Hall–Kier alpha value is -2.29. The van der Waals surface area contributed by atoms with Crippen LogP contribution in [0.5, 0.6) is 0 Å². The largest absolute Gasteiger partial charge is 0.466 e. The van der Waals surface area contributed by atoms with E-state index in [2.05, 4.69) is 34.4 Å². The molecule has 0 saturated heterocycles. The van der Waals surface area contributed by atoms with E-state index in [9.17, 15) is 0 Å². The zero-order chi connectivity index (χ0) is 13.4. The Bertz CT molecular complexity index is 651. The predicted molar refractivity (Wildman–Crippen MR) is 78.5 cm³/mol. The van der Waals surface area contributed by atoms with E-state index in [1.54, 1.807) is 0 Å². The maximum atomic E-state index is 6.16. The second kappa shape index (κ2) is 4.67. The van der Waals surface area contributed by atoms with Gasteiger partial charge in [-0.1, -0.05) is 42.5 Å². The van der Waals surface area contributed by atoms with Gasteiger partial charge in [0.05, 0.1) is 6.54 Å². The smallest absolute Gasteiger partial charge is 0.238 e. The summed E-state index contributed by atoms with van der Waals surface area (Å²) < 4.78 is 6.16. The van der Waals surface area contributed by atoms with E-state index in [0.717, 1.165) is 31.0 Å². The molecule has 0 N–H and O–H groups in total. The van der Waals surface area contributed by atoms with E-state index < -0.39 is 0 Å². The Morgan fingerprint density at radius 2 is 1.80 bits per heavy atom. The third-order valence-electron chi connectivity index (χ3n) is 3.92. The lowest BCUT2D eigenvalue weighted by molar-refractivity contribution is 0.0982. The third-order valence-corrected chi connectivity index (χ3v) is 3.92. The fourth-order valence-electron chi connectivity index (χ4n) is 2.89. The Kier molecular flexibility index (Phi) is 2.69. The van der Waals surface area contributed by atoms with Crippen molar-refractivity contribution in [2.24, 2.45) is 5.10 Å². The SMILES string of the molecule is c1ccc(C2=NN3CCc4ccccc4C(C3)O2)cc1. The molecule has 0 aliphatic carbocycles. The molecule has 0 spiro atoms. The minimum absolute atomic E-state index is 0.0846. The second-order valence-electron chi connectivity index (χ2n) is 5.24. The molecule has 1 atom stereocenters. The molecule has 2 aliphatic heterocycles. The number of fused-ring (bicyclic) bond motifs is 4. The van der Waals surface area contributed by atoms with Gasteiger partial charge in [0.1, 0.15) is 6.10 Å². The molecule has 100 valence electrons. The first kappa shape index (κ1) is 11.5. The molecule has 1 unspecified atom stereocenters. The summed E-state index contributed by atoms with van der Waals surface area (Å²) in [5.74, 6) is 0.735. The average Bonchev–Trinajstić information content (AvgIpc) is 2.65. The Labute approximate surface area is 118 Å². The zero-order valence-corrected chi connectivity index (χ0v) is 11.2. The van der Waals surface area contributed by atoms with Crippen LogP contribution in [0.4, 0.5) is 0 Å². The summed E-state index contributed by atoms with van der Waals surface area (Å²) in [6, 6.07) is 18.7. The van der Waals surface area contributed by atoms with Crippen LogP contribution in [0.2, 0.25) is 0 Å². The summed E-state index contributed by atoms with van der Waals surface area (Å²) in [5.41, 5.74) is 3.73. The molecule has 0 saturated carbocycles. The molecule has 2 heterocycles. The quantitative estimate of drug-likeness (QED) is 0.791. The van der Waals surface area contributed by atoms with Gasteiger partial charge >= 0.3 is 0 Å². The lowest BCUT2D eigenvalue weighted by Crippen LogP contribution is -2.32. The van der Waals surface area contributed by atoms with Crippen molar-refractivity contribution in [3.63, 3.8) is 0 Å². The van der Waals surface area contributed by atoms with Crippen molar-refractivity contribution >= 4 is 5.90 Å². The van der Waals surface area contributed by atoms with Gasteiger partial charge in [0.15, 0.2) is 0 Å². The highest BCUT2D eigenvalue weighted by Gasteiger charge is 2.29. The van der Waals surface area contributed by atoms with Crippen molar-refractivity contribution < 1.29 is 4.74 Å². The first-order valence-corrected chi connectivity index (χ1v) is 7.03. The van der Waals surface area contributed by atoms with E-state index in [1.807, 2.05) is 30.3 Å². The topological polar surface area (TPSA) is 24.8 Å². The molecule has 0 fully saturated rings. The number of ether oxygens (including phenoxy) is 1. The van der Waals surface area contributed by atoms with Gasteiger partial charge in [0.2, 0.25) is 5.90 Å². The van der Waals surface area contributed by atoms with Gasteiger partial charge in [0.25, 0.3) is 0 Å². The van der Waals surface area contributed by atoms with E-state index in [-0.39, 0.29) is 6.10 Å².